The molecule has 3 nitrogen and oxygen atoms in total. The Morgan fingerprint density at radius 3 is 3.06 bits per heavy atom. The molecule has 2 rings (SSSR count). The molecule has 0 saturated carbocycles. The number of thiophene rings is 1. The first kappa shape index (κ1) is 11.7. The van der Waals surface area contributed by atoms with Crippen LogP contribution in [0.3, 0.4) is 0 Å². The van der Waals surface area contributed by atoms with Crippen LogP contribution in [0.4, 0.5) is 0 Å². The molecule has 5 heteroatoms. The van der Waals surface area contributed by atoms with Gasteiger partial charge in [0.1, 0.15) is 0 Å². The molecule has 0 aliphatic rings. The molecule has 2 aromatic heterocycles. The van der Waals surface area contributed by atoms with Gasteiger partial charge in [-0.2, -0.15) is 0 Å². The minimum absolute atomic E-state index is 0.419. The molecule has 2 aromatic rings. The van der Waals surface area contributed by atoms with Crippen LogP contribution in [0.2, 0.25) is 0 Å². The molecule has 0 radical (unpaired) electrons. The van der Waals surface area contributed by atoms with Crippen molar-refractivity contribution in [2.45, 2.75) is 32.3 Å². The fraction of sp³-hybridized carbons (Fsp3) is 0.455. The summed E-state index contributed by atoms with van der Waals surface area (Å²) >= 11 is 3.04. The van der Waals surface area contributed by atoms with Crippen LogP contribution < -0.4 is 0 Å². The molecule has 0 aromatic carbocycles. The predicted octanol–water partition coefficient (Wildman–Crippen LogP) is 2.83. The van der Waals surface area contributed by atoms with Crippen molar-refractivity contribution < 1.29 is 5.11 Å². The van der Waals surface area contributed by atoms with Crippen LogP contribution in [0.25, 0.3) is 0 Å². The normalized spacial score (nSPS) is 12.9. The van der Waals surface area contributed by atoms with Crippen molar-refractivity contribution in [2.75, 3.05) is 0 Å². The van der Waals surface area contributed by atoms with E-state index in [1.807, 2.05) is 13.0 Å². The number of hydrogen-bond acceptors (Lipinski definition) is 5. The van der Waals surface area contributed by atoms with Crippen molar-refractivity contribution in [3.05, 3.63) is 33.0 Å². The van der Waals surface area contributed by atoms with Crippen LogP contribution in [-0.2, 0) is 12.8 Å². The summed E-state index contributed by atoms with van der Waals surface area (Å²) in [5.74, 6) is 0. The molecule has 16 heavy (non-hydrogen) atoms. The highest BCUT2D eigenvalue weighted by Gasteiger charge is 2.15. The number of rotatable bonds is 5. The van der Waals surface area contributed by atoms with Crippen molar-refractivity contribution in [1.29, 1.82) is 0 Å². The molecule has 1 N–H and O–H groups in total. The molecule has 86 valence electrons. The first-order chi connectivity index (χ1) is 7.81. The maximum atomic E-state index is 10.1. The van der Waals surface area contributed by atoms with Crippen molar-refractivity contribution >= 4 is 22.9 Å². The lowest BCUT2D eigenvalue weighted by Crippen LogP contribution is -2.00. The summed E-state index contributed by atoms with van der Waals surface area (Å²) in [5, 5.41) is 16.1. The summed E-state index contributed by atoms with van der Waals surface area (Å²) in [6, 6.07) is 4.14. The molecule has 0 aliphatic carbocycles. The Morgan fingerprint density at radius 1 is 1.50 bits per heavy atom. The Balaban J connectivity index is 1.95. The number of aromatic nitrogens is 2. The molecular weight excluding hydrogens is 240 g/mol. The lowest BCUT2D eigenvalue weighted by molar-refractivity contribution is 0.170. The second-order valence-electron chi connectivity index (χ2n) is 3.57. The third-order valence-electron chi connectivity index (χ3n) is 2.47. The number of hydrogen-bond donors (Lipinski definition) is 1. The van der Waals surface area contributed by atoms with Crippen LogP contribution in [0.1, 0.15) is 34.9 Å². The van der Waals surface area contributed by atoms with Gasteiger partial charge in [-0.15, -0.1) is 16.4 Å². The first-order valence-electron chi connectivity index (χ1n) is 5.32. The zero-order valence-corrected chi connectivity index (χ0v) is 10.7. The molecule has 0 amide bonds. The Labute approximate surface area is 103 Å². The number of aryl methyl sites for hydroxylation is 2. The Bertz CT molecular complexity index is 425. The van der Waals surface area contributed by atoms with Gasteiger partial charge in [0.05, 0.1) is 16.7 Å². The van der Waals surface area contributed by atoms with Crippen LogP contribution in [-0.4, -0.2) is 14.7 Å². The van der Waals surface area contributed by atoms with Gasteiger partial charge in [0.15, 0.2) is 0 Å². The third-order valence-corrected chi connectivity index (χ3v) is 4.27. The summed E-state index contributed by atoms with van der Waals surface area (Å²) < 4.78 is 3.89. The maximum Gasteiger partial charge on any atom is 0.0920 e. The van der Waals surface area contributed by atoms with Crippen LogP contribution in [0, 0.1) is 0 Å². The molecule has 2 heterocycles. The maximum absolute atomic E-state index is 10.1. The van der Waals surface area contributed by atoms with E-state index in [0.29, 0.717) is 0 Å². The van der Waals surface area contributed by atoms with Gasteiger partial charge in [-0.25, -0.2) is 0 Å². The van der Waals surface area contributed by atoms with Crippen LogP contribution in [0.15, 0.2) is 17.5 Å². The predicted molar refractivity (Wildman–Crippen MR) is 66.9 cm³/mol. The molecule has 0 aliphatic heterocycles. The summed E-state index contributed by atoms with van der Waals surface area (Å²) in [5.41, 5.74) is 0.934. The molecule has 0 saturated heterocycles. The molecule has 0 bridgehead atoms. The SMILES string of the molecule is CCc1nnsc1C(O)CCc1cccs1. The summed E-state index contributed by atoms with van der Waals surface area (Å²) in [6.45, 7) is 2.03. The first-order valence-corrected chi connectivity index (χ1v) is 6.98. The number of nitrogens with zero attached hydrogens (tertiary/aromatic N) is 2. The average molecular weight is 254 g/mol. The summed E-state index contributed by atoms with van der Waals surface area (Å²) in [4.78, 5) is 2.24. The third kappa shape index (κ3) is 2.66. The minimum Gasteiger partial charge on any atom is -0.387 e. The summed E-state index contributed by atoms with van der Waals surface area (Å²) in [7, 11) is 0. The monoisotopic (exact) mass is 254 g/mol. The van der Waals surface area contributed by atoms with E-state index in [-0.39, 0.29) is 0 Å². The Hall–Kier alpha value is -0.780. The van der Waals surface area contributed by atoms with Crippen LogP contribution in [0.5, 0.6) is 0 Å². The van der Waals surface area contributed by atoms with E-state index in [2.05, 4.69) is 21.0 Å². The average Bonchev–Trinajstić information content (AvgIpc) is 2.96. The van der Waals surface area contributed by atoms with Gasteiger partial charge in [-0.1, -0.05) is 17.5 Å². The van der Waals surface area contributed by atoms with Gasteiger partial charge in [0, 0.05) is 4.88 Å². The van der Waals surface area contributed by atoms with Crippen LogP contribution >= 0.6 is 22.9 Å². The Morgan fingerprint density at radius 2 is 2.38 bits per heavy atom. The van der Waals surface area contributed by atoms with E-state index in [1.165, 1.54) is 16.4 Å². The van der Waals surface area contributed by atoms with Crippen molar-refractivity contribution in [1.82, 2.24) is 9.59 Å². The zero-order valence-electron chi connectivity index (χ0n) is 9.09. The van der Waals surface area contributed by atoms with Crippen molar-refractivity contribution in [3.8, 4) is 0 Å². The molecule has 0 fully saturated rings. The fourth-order valence-electron chi connectivity index (χ4n) is 1.58. The molecule has 1 unspecified atom stereocenters. The van der Waals surface area contributed by atoms with Crippen molar-refractivity contribution in [2.24, 2.45) is 0 Å². The topological polar surface area (TPSA) is 46.0 Å². The number of aliphatic hydroxyl groups excluding tert-OH is 1. The second kappa shape index (κ2) is 5.52. The van der Waals surface area contributed by atoms with Gasteiger partial charge < -0.3 is 5.11 Å². The summed E-state index contributed by atoms with van der Waals surface area (Å²) in [6.07, 6.45) is 2.08. The molecular formula is C11H14N2OS2. The van der Waals surface area contributed by atoms with E-state index >= 15 is 0 Å². The Kier molecular flexibility index (Phi) is 4.04. The largest absolute Gasteiger partial charge is 0.387 e. The van der Waals surface area contributed by atoms with E-state index in [4.69, 9.17) is 0 Å². The highest BCUT2D eigenvalue weighted by molar-refractivity contribution is 7.09. The van der Waals surface area contributed by atoms with Gasteiger partial charge in [-0.05, 0) is 42.2 Å². The zero-order chi connectivity index (χ0) is 11.4. The highest BCUT2D eigenvalue weighted by atomic mass is 32.1. The molecule has 1 atom stereocenters. The molecule has 0 spiro atoms. The van der Waals surface area contributed by atoms with Gasteiger partial charge in [0.25, 0.3) is 0 Å². The van der Waals surface area contributed by atoms with E-state index in [0.717, 1.165) is 29.8 Å². The quantitative estimate of drug-likeness (QED) is 0.892. The second-order valence-corrected chi connectivity index (χ2v) is 5.39. The standard InChI is InChI=1S/C11H14N2OS2/c1-2-9-11(16-13-12-9)10(14)6-5-8-4-3-7-15-8/h3-4,7,10,14H,2,5-6H2,1H3. The van der Waals surface area contributed by atoms with E-state index in [1.54, 1.807) is 11.3 Å². The fourth-order valence-corrected chi connectivity index (χ4v) is 3.06. The minimum atomic E-state index is -0.419. The smallest absolute Gasteiger partial charge is 0.0920 e. The van der Waals surface area contributed by atoms with Gasteiger partial charge in [0.2, 0.25) is 0 Å². The van der Waals surface area contributed by atoms with E-state index < -0.39 is 6.10 Å². The highest BCUT2D eigenvalue weighted by Crippen LogP contribution is 2.25. The number of aliphatic hydroxyl groups is 1. The van der Waals surface area contributed by atoms with Gasteiger partial charge in [-0.3, -0.25) is 0 Å². The van der Waals surface area contributed by atoms with Crippen molar-refractivity contribution in [3.63, 3.8) is 0 Å². The lowest BCUT2D eigenvalue weighted by Gasteiger charge is -2.07. The lowest BCUT2D eigenvalue weighted by atomic mass is 10.1. The van der Waals surface area contributed by atoms with E-state index in [9.17, 15) is 5.11 Å². The van der Waals surface area contributed by atoms with Gasteiger partial charge >= 0.3 is 0 Å².